The number of nitrogens with one attached hydrogen (secondary N) is 1. The molecule has 0 saturated carbocycles. The molecule has 144 valence electrons. The van der Waals surface area contributed by atoms with Gasteiger partial charge in [0.15, 0.2) is 0 Å². The van der Waals surface area contributed by atoms with Crippen LogP contribution >= 0.6 is 0 Å². The zero-order chi connectivity index (χ0) is 19.2. The molecule has 1 fully saturated rings. The highest BCUT2D eigenvalue weighted by molar-refractivity contribution is 5.76. The first kappa shape index (κ1) is 20.0. The van der Waals surface area contributed by atoms with Gasteiger partial charge in [0.25, 0.3) is 0 Å². The van der Waals surface area contributed by atoms with Crippen molar-refractivity contribution in [3.63, 3.8) is 0 Å². The number of piperidine rings is 1. The molecule has 1 N–H and O–H groups in total. The van der Waals surface area contributed by atoms with Gasteiger partial charge in [0.2, 0.25) is 11.8 Å². The summed E-state index contributed by atoms with van der Waals surface area (Å²) in [5.41, 5.74) is 0.466. The van der Waals surface area contributed by atoms with E-state index in [1.54, 1.807) is 24.3 Å². The fourth-order valence-electron chi connectivity index (χ4n) is 2.85. The number of pyridine rings is 1. The van der Waals surface area contributed by atoms with Gasteiger partial charge in [-0.05, 0) is 51.2 Å². The van der Waals surface area contributed by atoms with E-state index in [9.17, 15) is 9.59 Å². The van der Waals surface area contributed by atoms with Crippen LogP contribution in [0.15, 0.2) is 18.3 Å². The molecule has 2 heterocycles. The Morgan fingerprint density at radius 1 is 1.31 bits per heavy atom. The number of ether oxygens (including phenoxy) is 2. The Labute approximate surface area is 155 Å². The van der Waals surface area contributed by atoms with Crippen LogP contribution in [0.2, 0.25) is 0 Å². The van der Waals surface area contributed by atoms with Gasteiger partial charge < -0.3 is 19.7 Å². The lowest BCUT2D eigenvalue weighted by Crippen LogP contribution is -2.42. The molecule has 1 aliphatic rings. The lowest BCUT2D eigenvalue weighted by Gasteiger charge is -2.33. The molecule has 1 aliphatic heterocycles. The minimum absolute atomic E-state index is 0.0245. The number of nitrogens with zero attached hydrogens (tertiary/aromatic N) is 2. The maximum Gasteiger partial charge on any atom is 0.410 e. The van der Waals surface area contributed by atoms with Gasteiger partial charge in [-0.1, -0.05) is 0 Å². The van der Waals surface area contributed by atoms with Gasteiger partial charge in [0, 0.05) is 38.3 Å². The second-order valence-electron chi connectivity index (χ2n) is 7.60. The van der Waals surface area contributed by atoms with Crippen LogP contribution in [-0.2, 0) is 16.1 Å². The summed E-state index contributed by atoms with van der Waals surface area (Å²) in [6.45, 7) is 7.30. The molecule has 0 bridgehead atoms. The Morgan fingerprint density at radius 2 is 2.00 bits per heavy atom. The minimum Gasteiger partial charge on any atom is -0.481 e. The van der Waals surface area contributed by atoms with Gasteiger partial charge in [-0.3, -0.25) is 4.79 Å². The third-order valence-corrected chi connectivity index (χ3v) is 4.24. The molecule has 2 rings (SSSR count). The van der Waals surface area contributed by atoms with Gasteiger partial charge >= 0.3 is 6.09 Å². The molecule has 1 aromatic rings. The van der Waals surface area contributed by atoms with E-state index in [1.807, 2.05) is 26.8 Å². The SMILES string of the molecule is COc1cc(CNC(=O)CC2CCN(C(=O)OC(C)(C)C)CC2)ccn1. The van der Waals surface area contributed by atoms with Crippen molar-refractivity contribution in [3.8, 4) is 5.88 Å². The van der Waals surface area contributed by atoms with Crippen LogP contribution in [0.1, 0.15) is 45.6 Å². The first-order valence-electron chi connectivity index (χ1n) is 9.00. The van der Waals surface area contributed by atoms with Crippen molar-refractivity contribution in [1.29, 1.82) is 0 Å². The number of hydrogen-bond acceptors (Lipinski definition) is 5. The Hall–Kier alpha value is -2.31. The summed E-state index contributed by atoms with van der Waals surface area (Å²) in [5.74, 6) is 0.850. The topological polar surface area (TPSA) is 80.8 Å². The predicted octanol–water partition coefficient (Wildman–Crippen LogP) is 2.74. The number of rotatable bonds is 5. The standard InChI is InChI=1S/C19H29N3O4/c1-19(2,3)26-18(24)22-9-6-14(7-10-22)11-16(23)21-13-15-5-8-20-17(12-15)25-4/h5,8,12,14H,6-7,9-11,13H2,1-4H3,(H,21,23). The first-order chi connectivity index (χ1) is 12.3. The number of amides is 2. The van der Waals surface area contributed by atoms with Crippen molar-refractivity contribution >= 4 is 12.0 Å². The van der Waals surface area contributed by atoms with Crippen molar-refractivity contribution in [1.82, 2.24) is 15.2 Å². The smallest absolute Gasteiger partial charge is 0.410 e. The normalized spacial score (nSPS) is 15.5. The maximum absolute atomic E-state index is 12.2. The molecule has 0 unspecified atom stereocenters. The molecule has 1 saturated heterocycles. The van der Waals surface area contributed by atoms with Crippen molar-refractivity contribution in [2.24, 2.45) is 5.92 Å². The molecule has 7 heteroatoms. The highest BCUT2D eigenvalue weighted by Crippen LogP contribution is 2.22. The fourth-order valence-corrected chi connectivity index (χ4v) is 2.85. The van der Waals surface area contributed by atoms with Crippen molar-refractivity contribution in [3.05, 3.63) is 23.9 Å². The third-order valence-electron chi connectivity index (χ3n) is 4.24. The van der Waals surface area contributed by atoms with Crippen LogP contribution in [0.5, 0.6) is 5.88 Å². The zero-order valence-corrected chi connectivity index (χ0v) is 16.1. The highest BCUT2D eigenvalue weighted by Gasteiger charge is 2.27. The summed E-state index contributed by atoms with van der Waals surface area (Å²) in [4.78, 5) is 30.0. The summed E-state index contributed by atoms with van der Waals surface area (Å²) in [7, 11) is 1.56. The Bertz CT molecular complexity index is 619. The Balaban J connectivity index is 1.71. The molecule has 0 aromatic carbocycles. The molecule has 7 nitrogen and oxygen atoms in total. The van der Waals surface area contributed by atoms with Gasteiger partial charge in [-0.2, -0.15) is 0 Å². The van der Waals surface area contributed by atoms with E-state index in [-0.39, 0.29) is 12.0 Å². The average molecular weight is 363 g/mol. The molecule has 2 amide bonds. The number of likely N-dealkylation sites (tertiary alicyclic amines) is 1. The van der Waals surface area contributed by atoms with E-state index in [2.05, 4.69) is 10.3 Å². The molecule has 0 atom stereocenters. The van der Waals surface area contributed by atoms with Crippen LogP contribution in [0.4, 0.5) is 4.79 Å². The maximum atomic E-state index is 12.2. The quantitative estimate of drug-likeness (QED) is 0.870. The predicted molar refractivity (Wildman–Crippen MR) is 97.8 cm³/mol. The Kier molecular flexibility index (Phi) is 6.83. The van der Waals surface area contributed by atoms with E-state index in [4.69, 9.17) is 9.47 Å². The molecule has 0 radical (unpaired) electrons. The fraction of sp³-hybridized carbons (Fsp3) is 0.632. The molecule has 0 spiro atoms. The van der Waals surface area contributed by atoms with E-state index in [0.717, 1.165) is 18.4 Å². The summed E-state index contributed by atoms with van der Waals surface area (Å²) in [6, 6.07) is 3.65. The highest BCUT2D eigenvalue weighted by atomic mass is 16.6. The summed E-state index contributed by atoms with van der Waals surface area (Å²) < 4.78 is 10.5. The molecule has 26 heavy (non-hydrogen) atoms. The van der Waals surface area contributed by atoms with Crippen LogP contribution in [0.3, 0.4) is 0 Å². The summed E-state index contributed by atoms with van der Waals surface area (Å²) >= 11 is 0. The molecular formula is C19H29N3O4. The van der Waals surface area contributed by atoms with Crippen LogP contribution in [-0.4, -0.2) is 47.7 Å². The largest absolute Gasteiger partial charge is 0.481 e. The number of hydrogen-bond donors (Lipinski definition) is 1. The van der Waals surface area contributed by atoms with Gasteiger partial charge in [0.05, 0.1) is 7.11 Å². The van der Waals surface area contributed by atoms with Gasteiger partial charge in [0.1, 0.15) is 5.60 Å². The number of methoxy groups -OCH3 is 1. The zero-order valence-electron chi connectivity index (χ0n) is 16.1. The van der Waals surface area contributed by atoms with Gasteiger partial charge in [-0.15, -0.1) is 0 Å². The van der Waals surface area contributed by atoms with Crippen molar-refractivity contribution in [2.45, 2.75) is 52.2 Å². The second-order valence-corrected chi connectivity index (χ2v) is 7.60. The lowest BCUT2D eigenvalue weighted by molar-refractivity contribution is -0.122. The van der Waals surface area contributed by atoms with Crippen molar-refractivity contribution < 1.29 is 19.1 Å². The minimum atomic E-state index is -0.483. The summed E-state index contributed by atoms with van der Waals surface area (Å²) in [6.07, 6.45) is 3.50. The first-order valence-corrected chi connectivity index (χ1v) is 9.00. The number of carbonyl (C=O) groups is 2. The average Bonchev–Trinajstić information content (AvgIpc) is 2.59. The summed E-state index contributed by atoms with van der Waals surface area (Å²) in [5, 5.41) is 2.94. The monoisotopic (exact) mass is 363 g/mol. The van der Waals surface area contributed by atoms with E-state index in [1.165, 1.54) is 0 Å². The van der Waals surface area contributed by atoms with E-state index in [0.29, 0.717) is 37.9 Å². The van der Waals surface area contributed by atoms with Crippen LogP contribution in [0, 0.1) is 5.92 Å². The number of aromatic nitrogens is 1. The molecular weight excluding hydrogens is 334 g/mol. The van der Waals surface area contributed by atoms with Crippen LogP contribution < -0.4 is 10.1 Å². The van der Waals surface area contributed by atoms with E-state index < -0.39 is 5.60 Å². The van der Waals surface area contributed by atoms with E-state index >= 15 is 0 Å². The van der Waals surface area contributed by atoms with Crippen LogP contribution in [0.25, 0.3) is 0 Å². The molecule has 0 aliphatic carbocycles. The van der Waals surface area contributed by atoms with Gasteiger partial charge in [-0.25, -0.2) is 9.78 Å². The second kappa shape index (κ2) is 8.87. The third kappa shape index (κ3) is 6.54. The van der Waals surface area contributed by atoms with Crippen molar-refractivity contribution in [2.75, 3.05) is 20.2 Å². The molecule has 1 aromatic heterocycles. The number of carbonyl (C=O) groups excluding carboxylic acids is 2. The lowest BCUT2D eigenvalue weighted by atomic mass is 9.93. The Morgan fingerprint density at radius 3 is 2.62 bits per heavy atom.